The number of hydrogen-bond donors (Lipinski definition) is 1. The van der Waals surface area contributed by atoms with E-state index in [4.69, 9.17) is 0 Å². The van der Waals surface area contributed by atoms with E-state index in [-0.39, 0.29) is 0 Å². The van der Waals surface area contributed by atoms with Crippen LogP contribution in [0.3, 0.4) is 0 Å². The van der Waals surface area contributed by atoms with Gasteiger partial charge in [0, 0.05) is 17.7 Å². The molecule has 0 aliphatic heterocycles. The first-order valence-corrected chi connectivity index (χ1v) is 7.22. The normalized spacial score (nSPS) is 26.8. The van der Waals surface area contributed by atoms with Gasteiger partial charge in [0.15, 0.2) is 0 Å². The van der Waals surface area contributed by atoms with Crippen LogP contribution in [0.1, 0.15) is 46.0 Å². The third-order valence-electron chi connectivity index (χ3n) is 2.94. The number of nitrogens with one attached hydrogen (secondary N) is 1. The fourth-order valence-corrected chi connectivity index (χ4v) is 2.45. The molecule has 1 fully saturated rings. The maximum absolute atomic E-state index is 11.0. The molecule has 0 aromatic rings. The van der Waals surface area contributed by atoms with Crippen LogP contribution in [0.25, 0.3) is 0 Å². The van der Waals surface area contributed by atoms with Crippen LogP contribution in [0, 0.1) is 23.8 Å². The topological polar surface area (TPSA) is 29.1 Å². The fraction of sp³-hybridized carbons (Fsp3) is 0.833. The second kappa shape index (κ2) is 6.90. The van der Waals surface area contributed by atoms with Crippen molar-refractivity contribution in [1.82, 2.24) is 4.72 Å². The van der Waals surface area contributed by atoms with Crippen molar-refractivity contribution in [2.75, 3.05) is 5.75 Å². The van der Waals surface area contributed by atoms with Crippen LogP contribution in [0.4, 0.5) is 0 Å². The third-order valence-corrected chi connectivity index (χ3v) is 3.80. The predicted molar refractivity (Wildman–Crippen MR) is 65.3 cm³/mol. The summed E-state index contributed by atoms with van der Waals surface area (Å²) in [6.07, 6.45) is 6.40. The van der Waals surface area contributed by atoms with Gasteiger partial charge in [0.2, 0.25) is 0 Å². The average molecular weight is 227 g/mol. The molecular formula is C12H21NOS. The maximum Gasteiger partial charge on any atom is 0.124 e. The van der Waals surface area contributed by atoms with Gasteiger partial charge in [-0.05, 0) is 25.2 Å². The predicted octanol–water partition coefficient (Wildman–Crippen LogP) is 2.44. The minimum Gasteiger partial charge on any atom is -0.264 e. The summed E-state index contributed by atoms with van der Waals surface area (Å²) in [6.45, 7) is 4.13. The Balaban J connectivity index is 2.25. The first kappa shape index (κ1) is 12.6. The van der Waals surface area contributed by atoms with Crippen molar-refractivity contribution < 1.29 is 4.21 Å². The lowest BCUT2D eigenvalue weighted by molar-refractivity contribution is 0.487. The van der Waals surface area contributed by atoms with Crippen molar-refractivity contribution in [2.45, 2.75) is 46.0 Å². The van der Waals surface area contributed by atoms with Gasteiger partial charge in [-0.1, -0.05) is 32.6 Å². The Morgan fingerprint density at radius 3 is 2.87 bits per heavy atom. The van der Waals surface area contributed by atoms with Crippen LogP contribution in [0.15, 0.2) is 0 Å². The van der Waals surface area contributed by atoms with Crippen molar-refractivity contribution >= 4 is 11.0 Å². The quantitative estimate of drug-likeness (QED) is 0.580. The molecule has 3 heteroatoms. The number of rotatable bonds is 4. The lowest BCUT2D eigenvalue weighted by Crippen LogP contribution is -2.12. The van der Waals surface area contributed by atoms with Crippen molar-refractivity contribution in [1.29, 1.82) is 0 Å². The first-order valence-electron chi connectivity index (χ1n) is 5.90. The summed E-state index contributed by atoms with van der Waals surface area (Å²) in [5.74, 6) is 5.21. The van der Waals surface area contributed by atoms with Gasteiger partial charge in [0.25, 0.3) is 0 Å². The summed E-state index contributed by atoms with van der Waals surface area (Å²) in [6, 6.07) is 2.84. The van der Waals surface area contributed by atoms with Crippen LogP contribution in [0.2, 0.25) is 0 Å². The molecule has 1 saturated carbocycles. The van der Waals surface area contributed by atoms with E-state index in [0.29, 0.717) is 11.7 Å². The molecule has 0 amide bonds. The molecule has 0 aromatic carbocycles. The van der Waals surface area contributed by atoms with E-state index in [1.165, 1.54) is 32.1 Å². The molecule has 86 valence electrons. The summed E-state index contributed by atoms with van der Waals surface area (Å²) >= 11 is 0. The molecule has 1 N–H and O–H groups in total. The van der Waals surface area contributed by atoms with E-state index in [9.17, 15) is 4.21 Å². The maximum atomic E-state index is 11.0. The van der Waals surface area contributed by atoms with Crippen LogP contribution in [-0.4, -0.2) is 9.96 Å². The molecule has 0 saturated heterocycles. The van der Waals surface area contributed by atoms with Gasteiger partial charge in [-0.25, -0.2) is 4.21 Å². The largest absolute Gasteiger partial charge is 0.264 e. The van der Waals surface area contributed by atoms with Gasteiger partial charge in [0.05, 0.1) is 0 Å². The van der Waals surface area contributed by atoms with E-state index in [1.54, 1.807) is 0 Å². The molecule has 0 bridgehead atoms. The molecule has 0 radical (unpaired) electrons. The molecule has 2 nitrogen and oxygen atoms in total. The fourth-order valence-electron chi connectivity index (χ4n) is 2.14. The average Bonchev–Trinajstić information content (AvgIpc) is 2.66. The van der Waals surface area contributed by atoms with Gasteiger partial charge in [-0.15, -0.1) is 0 Å². The molecule has 0 heterocycles. The smallest absolute Gasteiger partial charge is 0.124 e. The highest BCUT2D eigenvalue weighted by atomic mass is 32.2. The summed E-state index contributed by atoms with van der Waals surface area (Å²) in [5, 5.41) is 0. The minimum absolute atomic E-state index is 0.530. The Hall–Kier alpha value is -0.490. The molecule has 1 rings (SSSR count). The molecule has 0 aromatic heterocycles. The van der Waals surface area contributed by atoms with Crippen molar-refractivity contribution in [3.05, 3.63) is 0 Å². The van der Waals surface area contributed by atoms with E-state index < -0.39 is 11.0 Å². The van der Waals surface area contributed by atoms with Crippen LogP contribution in [0.5, 0.6) is 0 Å². The molecule has 15 heavy (non-hydrogen) atoms. The van der Waals surface area contributed by atoms with Gasteiger partial charge in [0.1, 0.15) is 11.0 Å². The summed E-state index contributed by atoms with van der Waals surface area (Å²) in [5.41, 5.74) is 0. The standard InChI is InChI=1S/C12H21NOS/c1-3-5-11-6-7-12(10-11)8-9-13-15(14)4-2/h11-13H,3-7,10H2,1-2H3/t11-,12?,15?/m0/s1. The van der Waals surface area contributed by atoms with Crippen molar-refractivity contribution in [2.24, 2.45) is 11.8 Å². The Morgan fingerprint density at radius 1 is 1.40 bits per heavy atom. The zero-order valence-corrected chi connectivity index (χ0v) is 10.5. The highest BCUT2D eigenvalue weighted by molar-refractivity contribution is 7.83. The Kier molecular flexibility index (Phi) is 5.78. The SMILES string of the molecule is CCC[C@H]1CCC(C#CNS(=O)CC)C1. The van der Waals surface area contributed by atoms with Gasteiger partial charge >= 0.3 is 0 Å². The van der Waals surface area contributed by atoms with E-state index in [0.717, 1.165) is 5.92 Å². The van der Waals surface area contributed by atoms with Gasteiger partial charge < -0.3 is 0 Å². The van der Waals surface area contributed by atoms with Gasteiger partial charge in [-0.3, -0.25) is 4.72 Å². The van der Waals surface area contributed by atoms with Crippen molar-refractivity contribution in [3.8, 4) is 12.0 Å². The lowest BCUT2D eigenvalue weighted by Gasteiger charge is -2.05. The molecule has 1 aliphatic rings. The number of hydrogen-bond acceptors (Lipinski definition) is 1. The van der Waals surface area contributed by atoms with Crippen molar-refractivity contribution in [3.63, 3.8) is 0 Å². The Labute approximate surface area is 95.8 Å². The second-order valence-electron chi connectivity index (χ2n) is 4.17. The van der Waals surface area contributed by atoms with Crippen LogP contribution < -0.4 is 4.72 Å². The highest BCUT2D eigenvalue weighted by Gasteiger charge is 2.22. The van der Waals surface area contributed by atoms with Gasteiger partial charge in [-0.2, -0.15) is 0 Å². The molecule has 3 atom stereocenters. The summed E-state index contributed by atoms with van der Waals surface area (Å²) in [4.78, 5) is 0. The zero-order valence-electron chi connectivity index (χ0n) is 9.71. The van der Waals surface area contributed by atoms with Crippen LogP contribution >= 0.6 is 0 Å². The molecule has 2 unspecified atom stereocenters. The first-order chi connectivity index (χ1) is 7.26. The Bertz CT molecular complexity index is 267. The third kappa shape index (κ3) is 4.70. The van der Waals surface area contributed by atoms with E-state index >= 15 is 0 Å². The molecule has 0 spiro atoms. The second-order valence-corrected chi connectivity index (χ2v) is 5.64. The molecule has 1 aliphatic carbocycles. The van der Waals surface area contributed by atoms with E-state index in [1.807, 2.05) is 6.92 Å². The van der Waals surface area contributed by atoms with E-state index in [2.05, 4.69) is 23.6 Å². The zero-order chi connectivity index (χ0) is 11.1. The summed E-state index contributed by atoms with van der Waals surface area (Å²) in [7, 11) is -0.963. The summed E-state index contributed by atoms with van der Waals surface area (Å²) < 4.78 is 13.8. The highest BCUT2D eigenvalue weighted by Crippen LogP contribution is 2.33. The van der Waals surface area contributed by atoms with Crippen LogP contribution in [-0.2, 0) is 11.0 Å². The Morgan fingerprint density at radius 2 is 2.20 bits per heavy atom. The molecular weight excluding hydrogens is 206 g/mol. The lowest BCUT2D eigenvalue weighted by atomic mass is 10.0. The minimum atomic E-state index is -0.963. The monoisotopic (exact) mass is 227 g/mol.